The van der Waals surface area contributed by atoms with E-state index in [1.807, 2.05) is 36.4 Å². The molecule has 0 aliphatic rings. The number of hydrogen-bond acceptors (Lipinski definition) is 6. The van der Waals surface area contributed by atoms with Gasteiger partial charge in [0.1, 0.15) is 35.2 Å². The summed E-state index contributed by atoms with van der Waals surface area (Å²) in [5.74, 6) is -12.4. The normalized spacial score (nSPS) is 11.0. The molecule has 0 spiro atoms. The Morgan fingerprint density at radius 2 is 1.22 bits per heavy atom. The van der Waals surface area contributed by atoms with Crippen LogP contribution in [0.25, 0.3) is 0 Å². The summed E-state index contributed by atoms with van der Waals surface area (Å²) in [4.78, 5) is 27.1. The summed E-state index contributed by atoms with van der Waals surface area (Å²) in [5, 5.41) is 0. The van der Waals surface area contributed by atoms with Crippen molar-refractivity contribution in [2.24, 2.45) is 0 Å². The van der Waals surface area contributed by atoms with Crippen molar-refractivity contribution in [1.29, 1.82) is 0 Å². The quantitative estimate of drug-likeness (QED) is 0.0401. The van der Waals surface area contributed by atoms with Gasteiger partial charge in [0, 0.05) is 11.8 Å². The van der Waals surface area contributed by atoms with Crippen LogP contribution in [0.5, 0.6) is 5.75 Å². The van der Waals surface area contributed by atoms with E-state index in [9.17, 15) is 35.9 Å². The molecule has 0 atom stereocenters. The average Bonchev–Trinajstić information content (AvgIpc) is 3.13. The monoisotopic (exact) mass is 710 g/mol. The topological polar surface area (TPSA) is 59.1 Å². The molecule has 0 aliphatic heterocycles. The van der Waals surface area contributed by atoms with Crippen molar-refractivity contribution in [1.82, 2.24) is 4.31 Å². The van der Waals surface area contributed by atoms with Crippen LogP contribution in [0.15, 0.2) is 108 Å². The molecular formula is C37H28F6N2O4S. The van der Waals surface area contributed by atoms with Crippen molar-refractivity contribution in [2.75, 3.05) is 18.5 Å². The van der Waals surface area contributed by atoms with E-state index in [1.165, 1.54) is 54.4 Å². The second-order valence-electron chi connectivity index (χ2n) is 10.9. The first-order chi connectivity index (χ1) is 24.0. The summed E-state index contributed by atoms with van der Waals surface area (Å²) >= 11 is 0.156. The second-order valence-corrected chi connectivity index (χ2v) is 12.1. The van der Waals surface area contributed by atoms with E-state index in [0.717, 1.165) is 15.4 Å². The van der Waals surface area contributed by atoms with E-state index < -0.39 is 58.2 Å². The van der Waals surface area contributed by atoms with Crippen molar-refractivity contribution < 1.29 is 45.4 Å². The molecular weight excluding hydrogens is 682 g/mol. The highest BCUT2D eigenvalue weighted by Crippen LogP contribution is 2.33. The van der Waals surface area contributed by atoms with Crippen molar-refractivity contribution in [2.45, 2.75) is 24.7 Å². The first-order valence-corrected chi connectivity index (χ1v) is 15.8. The molecule has 258 valence electrons. The minimum Gasteiger partial charge on any atom is -0.488 e. The number of carbonyl (C=O) groups is 2. The number of carbonyl (C=O) groups excluding carboxylic acids is 2. The van der Waals surface area contributed by atoms with Crippen molar-refractivity contribution >= 4 is 29.5 Å². The Bertz CT molecular complexity index is 1940. The number of amides is 1. The lowest BCUT2D eigenvalue weighted by Crippen LogP contribution is -2.37. The highest BCUT2D eigenvalue weighted by molar-refractivity contribution is 7.97. The summed E-state index contributed by atoms with van der Waals surface area (Å²) in [6, 6.07) is 27.7. The fourth-order valence-corrected chi connectivity index (χ4v) is 5.55. The van der Waals surface area contributed by atoms with Gasteiger partial charge in [-0.3, -0.25) is 4.79 Å². The summed E-state index contributed by atoms with van der Waals surface area (Å²) in [5.41, 5.74) is 2.32. The predicted octanol–water partition coefficient (Wildman–Crippen LogP) is 8.63. The van der Waals surface area contributed by atoms with Gasteiger partial charge in [0.15, 0.2) is 23.3 Å². The van der Waals surface area contributed by atoms with Gasteiger partial charge in [-0.05, 0) is 60.0 Å². The fourth-order valence-electron chi connectivity index (χ4n) is 4.73. The molecule has 0 saturated carbocycles. The van der Waals surface area contributed by atoms with Crippen molar-refractivity contribution in [3.05, 3.63) is 160 Å². The number of anilines is 1. The Hall–Kier alpha value is -5.27. The number of benzene rings is 5. The maximum absolute atomic E-state index is 14.4. The standard InChI is InChI=1S/C37H28F6N2O4S/c1-44(50-36-34(42)32(40)31(39)33(41)35(36)43)20-30(46)45(19-23-12-14-26(38)15-13-23)27-16-17-28(37(47)49-22-25-10-6-3-7-11-25)29(18-27)48-21-24-8-4-2-5-9-24/h2-18H,19-22H2,1H3. The number of nitrogens with zero attached hydrogens (tertiary/aromatic N) is 2. The molecule has 5 aromatic carbocycles. The van der Waals surface area contributed by atoms with Gasteiger partial charge in [0.05, 0.1) is 13.1 Å². The van der Waals surface area contributed by atoms with Gasteiger partial charge in [-0.25, -0.2) is 35.4 Å². The highest BCUT2D eigenvalue weighted by atomic mass is 32.2. The molecule has 1 amide bonds. The molecule has 5 rings (SSSR count). The van der Waals surface area contributed by atoms with Crippen LogP contribution < -0.4 is 9.64 Å². The molecule has 0 aliphatic carbocycles. The van der Waals surface area contributed by atoms with Gasteiger partial charge in [-0.2, -0.15) is 0 Å². The number of esters is 1. The summed E-state index contributed by atoms with van der Waals surface area (Å²) < 4.78 is 96.3. The second kappa shape index (κ2) is 16.4. The molecule has 6 nitrogen and oxygen atoms in total. The highest BCUT2D eigenvalue weighted by Gasteiger charge is 2.28. The number of halogens is 6. The zero-order chi connectivity index (χ0) is 35.8. The minimum absolute atomic E-state index is 0.0121. The van der Waals surface area contributed by atoms with Crippen molar-refractivity contribution in [3.8, 4) is 5.75 Å². The van der Waals surface area contributed by atoms with Crippen LogP contribution in [-0.2, 0) is 29.3 Å². The summed E-state index contributed by atoms with van der Waals surface area (Å²) in [6.45, 7) is -0.666. The van der Waals surface area contributed by atoms with Gasteiger partial charge < -0.3 is 14.4 Å². The molecule has 0 aromatic heterocycles. The van der Waals surface area contributed by atoms with E-state index in [0.29, 0.717) is 5.56 Å². The fraction of sp³-hybridized carbons (Fsp3) is 0.135. The number of likely N-dealkylation sites (N-methyl/N-ethyl adjacent to an activating group) is 1. The third-order valence-corrected chi connectivity index (χ3v) is 8.26. The van der Waals surface area contributed by atoms with Crippen molar-refractivity contribution in [3.63, 3.8) is 0 Å². The third kappa shape index (κ3) is 8.84. The minimum atomic E-state index is -2.30. The lowest BCUT2D eigenvalue weighted by molar-refractivity contribution is -0.118. The molecule has 5 aromatic rings. The van der Waals surface area contributed by atoms with Crippen LogP contribution in [0.4, 0.5) is 32.0 Å². The Kier molecular flexibility index (Phi) is 11.8. The van der Waals surface area contributed by atoms with Crippen LogP contribution >= 0.6 is 11.9 Å². The SMILES string of the molecule is CN(CC(=O)N(Cc1ccc(F)cc1)c1ccc(C(=O)OCc2ccccc2)c(OCc2ccccc2)c1)Sc1c(F)c(F)c(F)c(F)c1F. The van der Waals surface area contributed by atoms with Gasteiger partial charge in [0.2, 0.25) is 11.7 Å². The Labute approximate surface area is 288 Å². The predicted molar refractivity (Wildman–Crippen MR) is 175 cm³/mol. The molecule has 0 bridgehead atoms. The number of rotatable bonds is 13. The first-order valence-electron chi connectivity index (χ1n) is 15.0. The van der Waals surface area contributed by atoms with Crippen LogP contribution in [0.1, 0.15) is 27.0 Å². The zero-order valence-corrected chi connectivity index (χ0v) is 27.2. The molecule has 0 N–H and O–H groups in total. The first kappa shape index (κ1) is 36.0. The molecule has 0 radical (unpaired) electrons. The molecule has 13 heteroatoms. The maximum atomic E-state index is 14.4. The van der Waals surface area contributed by atoms with Gasteiger partial charge in [-0.15, -0.1) is 0 Å². The average molecular weight is 711 g/mol. The molecule has 0 fully saturated rings. The van der Waals surface area contributed by atoms with Gasteiger partial charge in [-0.1, -0.05) is 72.8 Å². The zero-order valence-electron chi connectivity index (χ0n) is 26.3. The van der Waals surface area contributed by atoms with Gasteiger partial charge in [0.25, 0.3) is 0 Å². The van der Waals surface area contributed by atoms with E-state index in [4.69, 9.17) is 9.47 Å². The van der Waals surface area contributed by atoms with Crippen LogP contribution in [0.2, 0.25) is 0 Å². The lowest BCUT2D eigenvalue weighted by atomic mass is 10.1. The third-order valence-electron chi connectivity index (χ3n) is 7.28. The molecule has 0 saturated heterocycles. The number of hydrogen-bond donors (Lipinski definition) is 0. The largest absolute Gasteiger partial charge is 0.488 e. The van der Waals surface area contributed by atoms with Crippen LogP contribution in [-0.4, -0.2) is 29.8 Å². The Balaban J connectivity index is 1.45. The molecule has 0 unspecified atom stereocenters. The van der Waals surface area contributed by atoms with Gasteiger partial charge >= 0.3 is 5.97 Å². The maximum Gasteiger partial charge on any atom is 0.342 e. The van der Waals surface area contributed by atoms with E-state index in [1.54, 1.807) is 24.3 Å². The lowest BCUT2D eigenvalue weighted by Gasteiger charge is -2.26. The molecule has 0 heterocycles. The summed E-state index contributed by atoms with van der Waals surface area (Å²) in [7, 11) is 1.23. The van der Waals surface area contributed by atoms with E-state index >= 15 is 0 Å². The van der Waals surface area contributed by atoms with E-state index in [2.05, 4.69) is 0 Å². The smallest absolute Gasteiger partial charge is 0.342 e. The summed E-state index contributed by atoms with van der Waals surface area (Å²) in [6.07, 6.45) is 0. The Morgan fingerprint density at radius 3 is 1.82 bits per heavy atom. The number of ether oxygens (including phenoxy) is 2. The van der Waals surface area contributed by atoms with Crippen LogP contribution in [0, 0.1) is 34.9 Å². The molecule has 50 heavy (non-hydrogen) atoms. The Morgan fingerprint density at radius 1 is 0.660 bits per heavy atom. The van der Waals surface area contributed by atoms with Crippen LogP contribution in [0.3, 0.4) is 0 Å². The van der Waals surface area contributed by atoms with E-state index in [-0.39, 0.29) is 48.7 Å².